The number of aryl methyl sites for hydroxylation is 1. The second kappa shape index (κ2) is 8.71. The first-order chi connectivity index (χ1) is 14.9. The fourth-order valence-corrected chi connectivity index (χ4v) is 4.67. The molecule has 1 saturated heterocycles. The zero-order valence-electron chi connectivity index (χ0n) is 18.3. The summed E-state index contributed by atoms with van der Waals surface area (Å²) in [5, 5.41) is 4.27. The molecule has 6 heteroatoms. The van der Waals surface area contributed by atoms with E-state index in [1.165, 1.54) is 6.07 Å². The fourth-order valence-electron chi connectivity index (χ4n) is 4.67. The Balaban J connectivity index is 1.58. The molecule has 1 N–H and O–H groups in total. The number of halogens is 1. The lowest BCUT2D eigenvalue weighted by Crippen LogP contribution is -2.51. The predicted molar refractivity (Wildman–Crippen MR) is 119 cm³/mol. The molecule has 0 bridgehead atoms. The molecule has 0 radical (unpaired) electrons. The first-order valence-electron chi connectivity index (χ1n) is 10.7. The van der Waals surface area contributed by atoms with E-state index in [0.717, 1.165) is 22.2 Å². The van der Waals surface area contributed by atoms with E-state index in [4.69, 9.17) is 9.47 Å². The van der Waals surface area contributed by atoms with Gasteiger partial charge in [0.05, 0.1) is 12.5 Å². The Bertz CT molecular complexity index is 1090. The molecule has 0 saturated carbocycles. The van der Waals surface area contributed by atoms with E-state index in [1.54, 1.807) is 25.3 Å². The molecule has 1 aliphatic rings. The van der Waals surface area contributed by atoms with Crippen molar-refractivity contribution in [2.45, 2.75) is 37.6 Å². The molecule has 1 amide bonds. The van der Waals surface area contributed by atoms with Crippen LogP contribution in [0, 0.1) is 5.82 Å². The third-order valence-electron chi connectivity index (χ3n) is 6.35. The molecule has 0 unspecified atom stereocenters. The van der Waals surface area contributed by atoms with Crippen molar-refractivity contribution < 1.29 is 18.7 Å². The number of nitrogens with zero attached hydrogens (tertiary/aromatic N) is 1. The average Bonchev–Trinajstić information content (AvgIpc) is 3.08. The van der Waals surface area contributed by atoms with E-state index in [0.29, 0.717) is 38.0 Å². The number of methoxy groups -OCH3 is 1. The van der Waals surface area contributed by atoms with E-state index in [9.17, 15) is 9.18 Å². The largest absolute Gasteiger partial charge is 0.497 e. The van der Waals surface area contributed by atoms with Gasteiger partial charge in [0.2, 0.25) is 5.91 Å². The summed E-state index contributed by atoms with van der Waals surface area (Å²) in [7, 11) is 3.67. The lowest BCUT2D eigenvalue weighted by Gasteiger charge is -2.37. The van der Waals surface area contributed by atoms with Crippen molar-refractivity contribution in [1.29, 1.82) is 0 Å². The van der Waals surface area contributed by atoms with Crippen LogP contribution in [0.25, 0.3) is 10.9 Å². The summed E-state index contributed by atoms with van der Waals surface area (Å²) < 4.78 is 27.6. The van der Waals surface area contributed by atoms with Gasteiger partial charge in [-0.3, -0.25) is 4.79 Å². The van der Waals surface area contributed by atoms with Crippen LogP contribution in [0.5, 0.6) is 5.75 Å². The SMILES string of the molecule is COc1ccc2c(c1)c(C[C@H](C)NC(=O)C1(c3ccccc3F)CCOCC1)cn2C. The van der Waals surface area contributed by atoms with Crippen LogP contribution in [-0.2, 0) is 28.4 Å². The minimum atomic E-state index is -0.903. The quantitative estimate of drug-likeness (QED) is 0.648. The maximum absolute atomic E-state index is 14.7. The maximum Gasteiger partial charge on any atom is 0.231 e. The molecule has 5 nitrogen and oxygen atoms in total. The summed E-state index contributed by atoms with van der Waals surface area (Å²) in [5.41, 5.74) is 1.80. The summed E-state index contributed by atoms with van der Waals surface area (Å²) in [6.45, 7) is 2.88. The van der Waals surface area contributed by atoms with Crippen LogP contribution in [0.1, 0.15) is 30.9 Å². The number of hydrogen-bond donors (Lipinski definition) is 1. The molecule has 0 spiro atoms. The molecule has 1 aromatic heterocycles. The van der Waals surface area contributed by atoms with Crippen LogP contribution in [-0.4, -0.2) is 36.8 Å². The van der Waals surface area contributed by atoms with Crippen molar-refractivity contribution in [2.24, 2.45) is 7.05 Å². The van der Waals surface area contributed by atoms with E-state index < -0.39 is 5.41 Å². The number of hydrogen-bond acceptors (Lipinski definition) is 3. The monoisotopic (exact) mass is 424 g/mol. The van der Waals surface area contributed by atoms with Gasteiger partial charge in [0, 0.05) is 49.0 Å². The van der Waals surface area contributed by atoms with Gasteiger partial charge in [0.1, 0.15) is 11.6 Å². The highest BCUT2D eigenvalue weighted by atomic mass is 19.1. The summed E-state index contributed by atoms with van der Waals surface area (Å²) >= 11 is 0. The number of rotatable bonds is 6. The van der Waals surface area contributed by atoms with E-state index in [1.807, 2.05) is 32.2 Å². The smallest absolute Gasteiger partial charge is 0.231 e. The molecule has 4 rings (SSSR count). The molecule has 164 valence electrons. The van der Waals surface area contributed by atoms with Crippen molar-refractivity contribution in [1.82, 2.24) is 9.88 Å². The molecule has 3 aromatic rings. The lowest BCUT2D eigenvalue weighted by atomic mass is 9.73. The first kappa shape index (κ1) is 21.4. The van der Waals surface area contributed by atoms with Gasteiger partial charge < -0.3 is 19.4 Å². The number of nitrogens with one attached hydrogen (secondary N) is 1. The molecule has 0 aliphatic carbocycles. The van der Waals surface area contributed by atoms with Crippen molar-refractivity contribution in [2.75, 3.05) is 20.3 Å². The van der Waals surface area contributed by atoms with Gasteiger partial charge in [-0.2, -0.15) is 0 Å². The number of amides is 1. The van der Waals surface area contributed by atoms with Gasteiger partial charge in [0.25, 0.3) is 0 Å². The molecule has 1 fully saturated rings. The molecule has 2 heterocycles. The average molecular weight is 425 g/mol. The second-order valence-electron chi connectivity index (χ2n) is 8.40. The number of aromatic nitrogens is 1. The highest BCUT2D eigenvalue weighted by Crippen LogP contribution is 2.37. The number of carbonyl (C=O) groups is 1. The van der Waals surface area contributed by atoms with E-state index >= 15 is 0 Å². The van der Waals surface area contributed by atoms with Crippen LogP contribution in [0.3, 0.4) is 0 Å². The highest BCUT2D eigenvalue weighted by Gasteiger charge is 2.43. The fraction of sp³-hybridized carbons (Fsp3) is 0.400. The highest BCUT2D eigenvalue weighted by molar-refractivity contribution is 5.89. The zero-order valence-corrected chi connectivity index (χ0v) is 18.3. The molecule has 1 aliphatic heterocycles. The van der Waals surface area contributed by atoms with Crippen molar-refractivity contribution in [3.63, 3.8) is 0 Å². The van der Waals surface area contributed by atoms with Crippen LogP contribution < -0.4 is 10.1 Å². The van der Waals surface area contributed by atoms with Crippen LogP contribution >= 0.6 is 0 Å². The summed E-state index contributed by atoms with van der Waals surface area (Å²) in [6.07, 6.45) is 3.70. The third kappa shape index (κ3) is 4.04. The van der Waals surface area contributed by atoms with Gasteiger partial charge >= 0.3 is 0 Å². The number of carbonyl (C=O) groups excluding carboxylic acids is 1. The minimum Gasteiger partial charge on any atom is -0.497 e. The van der Waals surface area contributed by atoms with Gasteiger partial charge in [-0.25, -0.2) is 4.39 Å². The molecule has 2 aromatic carbocycles. The molecule has 31 heavy (non-hydrogen) atoms. The minimum absolute atomic E-state index is 0.115. The van der Waals surface area contributed by atoms with Gasteiger partial charge in [0.15, 0.2) is 0 Å². The van der Waals surface area contributed by atoms with E-state index in [-0.39, 0.29) is 17.8 Å². The maximum atomic E-state index is 14.7. The van der Waals surface area contributed by atoms with E-state index in [2.05, 4.69) is 16.1 Å². The van der Waals surface area contributed by atoms with Crippen molar-refractivity contribution in [3.8, 4) is 5.75 Å². The standard InChI is InChI=1S/C25H29FN2O3/c1-17(14-18-16-28(2)23-9-8-19(30-3)15-20(18)23)27-24(29)25(10-12-31-13-11-25)21-6-4-5-7-22(21)26/h4-9,15-17H,10-14H2,1-3H3,(H,27,29)/t17-/m0/s1. The van der Waals surface area contributed by atoms with Gasteiger partial charge in [-0.15, -0.1) is 0 Å². The Morgan fingerprint density at radius 3 is 2.71 bits per heavy atom. The van der Waals surface area contributed by atoms with Crippen LogP contribution in [0.15, 0.2) is 48.7 Å². The third-order valence-corrected chi connectivity index (χ3v) is 6.35. The van der Waals surface area contributed by atoms with Gasteiger partial charge in [-0.05, 0) is 56.0 Å². The molecular weight excluding hydrogens is 395 g/mol. The first-order valence-corrected chi connectivity index (χ1v) is 10.7. The topological polar surface area (TPSA) is 52.5 Å². The molecular formula is C25H29FN2O3. The Kier molecular flexibility index (Phi) is 6.01. The second-order valence-corrected chi connectivity index (χ2v) is 8.40. The Hall–Kier alpha value is -2.86. The van der Waals surface area contributed by atoms with Gasteiger partial charge in [-0.1, -0.05) is 18.2 Å². The summed E-state index contributed by atoms with van der Waals surface area (Å²) in [5.74, 6) is 0.330. The van der Waals surface area contributed by atoms with Crippen LogP contribution in [0.2, 0.25) is 0 Å². The number of fused-ring (bicyclic) bond motifs is 1. The zero-order chi connectivity index (χ0) is 22.0. The summed E-state index contributed by atoms with van der Waals surface area (Å²) in [4.78, 5) is 13.5. The predicted octanol–water partition coefficient (Wildman–Crippen LogP) is 4.12. The normalized spacial score (nSPS) is 16.8. The van der Waals surface area contributed by atoms with Crippen LogP contribution in [0.4, 0.5) is 4.39 Å². The summed E-state index contributed by atoms with van der Waals surface area (Å²) in [6, 6.07) is 12.5. The number of benzene rings is 2. The Labute approximate surface area is 182 Å². The Morgan fingerprint density at radius 1 is 1.26 bits per heavy atom. The van der Waals surface area contributed by atoms with Crippen molar-refractivity contribution in [3.05, 3.63) is 65.6 Å². The Morgan fingerprint density at radius 2 is 2.00 bits per heavy atom. The molecule has 1 atom stereocenters. The van der Waals surface area contributed by atoms with Crippen molar-refractivity contribution >= 4 is 16.8 Å². The lowest BCUT2D eigenvalue weighted by molar-refractivity contribution is -0.131. The number of ether oxygens (including phenoxy) is 2.